The Bertz CT molecular complexity index is 526. The zero-order valence-corrected chi connectivity index (χ0v) is 13.9. The van der Waals surface area contributed by atoms with Gasteiger partial charge in [-0.3, -0.25) is 4.79 Å². The van der Waals surface area contributed by atoms with Gasteiger partial charge in [-0.25, -0.2) is 4.68 Å². The molecule has 1 aliphatic carbocycles. The van der Waals surface area contributed by atoms with Gasteiger partial charge in [0.05, 0.1) is 18.7 Å². The summed E-state index contributed by atoms with van der Waals surface area (Å²) in [5, 5.41) is 21.8. The Kier molecular flexibility index (Phi) is 5.25. The molecule has 1 aliphatic heterocycles. The molecular weight excluding hydrogens is 294 g/mol. The third-order valence-electron chi connectivity index (χ3n) is 5.25. The summed E-state index contributed by atoms with van der Waals surface area (Å²) in [4.78, 5) is 14.9. The number of unbranched alkanes of at least 4 members (excludes halogenated alkanes) is 1. The highest BCUT2D eigenvalue weighted by atomic mass is 16.3. The van der Waals surface area contributed by atoms with E-state index in [0.29, 0.717) is 0 Å². The monoisotopic (exact) mass is 321 g/mol. The van der Waals surface area contributed by atoms with Crippen molar-refractivity contribution in [3.8, 4) is 0 Å². The molecule has 0 aromatic carbocycles. The summed E-state index contributed by atoms with van der Waals surface area (Å²) >= 11 is 0. The van der Waals surface area contributed by atoms with Gasteiger partial charge in [-0.05, 0) is 42.5 Å². The van der Waals surface area contributed by atoms with Crippen LogP contribution in [-0.2, 0) is 11.3 Å². The van der Waals surface area contributed by atoms with Crippen LogP contribution < -0.4 is 0 Å². The van der Waals surface area contributed by atoms with Gasteiger partial charge in [0.2, 0.25) is 5.91 Å². The van der Waals surface area contributed by atoms with Crippen LogP contribution in [-0.4, -0.2) is 48.8 Å². The summed E-state index contributed by atoms with van der Waals surface area (Å²) in [6, 6.07) is -0.184. The lowest BCUT2D eigenvalue weighted by Gasteiger charge is -2.31. The van der Waals surface area contributed by atoms with Gasteiger partial charge in [0.15, 0.2) is 5.82 Å². The first kappa shape index (κ1) is 16.4. The Morgan fingerprint density at radius 1 is 1.26 bits per heavy atom. The third kappa shape index (κ3) is 3.24. The number of hydrogen-bond donors (Lipinski definition) is 1. The number of hydrogen-bond acceptors (Lipinski definition) is 5. The standard InChI is InChI=1S/C16H27N5O2/c1-2-3-10-20-15(17-18-19-20)14-9-8-13(11-22)21(14)16(23)12-6-4-5-7-12/h12-14,22H,2-11H2,1H3/t13-,14+/m0/s1. The molecule has 1 amide bonds. The molecule has 0 radical (unpaired) electrons. The fourth-order valence-corrected chi connectivity index (χ4v) is 3.95. The van der Waals surface area contributed by atoms with Gasteiger partial charge < -0.3 is 10.0 Å². The number of nitrogens with zero attached hydrogens (tertiary/aromatic N) is 5. The Balaban J connectivity index is 1.82. The van der Waals surface area contributed by atoms with Crippen LogP contribution >= 0.6 is 0 Å². The lowest BCUT2D eigenvalue weighted by molar-refractivity contribution is -0.139. The van der Waals surface area contributed by atoms with Crippen LogP contribution in [0, 0.1) is 5.92 Å². The Morgan fingerprint density at radius 2 is 2.04 bits per heavy atom. The van der Waals surface area contributed by atoms with Crippen molar-refractivity contribution < 1.29 is 9.90 Å². The zero-order valence-electron chi connectivity index (χ0n) is 13.9. The van der Waals surface area contributed by atoms with Gasteiger partial charge in [-0.15, -0.1) is 5.10 Å². The summed E-state index contributed by atoms with van der Waals surface area (Å²) in [7, 11) is 0. The van der Waals surface area contributed by atoms with Crippen LogP contribution in [0.2, 0.25) is 0 Å². The van der Waals surface area contributed by atoms with E-state index in [-0.39, 0.29) is 30.5 Å². The van der Waals surface area contributed by atoms with Crippen LogP contribution in [0.1, 0.15) is 70.2 Å². The van der Waals surface area contributed by atoms with Crippen LogP contribution in [0.15, 0.2) is 0 Å². The largest absolute Gasteiger partial charge is 0.394 e. The van der Waals surface area contributed by atoms with E-state index in [4.69, 9.17) is 0 Å². The van der Waals surface area contributed by atoms with Crippen LogP contribution in [0.25, 0.3) is 0 Å². The number of aryl methyl sites for hydroxylation is 1. The predicted octanol–water partition coefficient (Wildman–Crippen LogP) is 1.69. The number of aromatic nitrogens is 4. The Labute approximate surface area is 137 Å². The Hall–Kier alpha value is -1.50. The van der Waals surface area contributed by atoms with Gasteiger partial charge in [0.1, 0.15) is 0 Å². The number of tetrazole rings is 1. The second-order valence-electron chi connectivity index (χ2n) is 6.77. The highest BCUT2D eigenvalue weighted by Gasteiger charge is 2.42. The highest BCUT2D eigenvalue weighted by molar-refractivity contribution is 5.80. The van der Waals surface area contributed by atoms with Crippen LogP contribution in [0.5, 0.6) is 0 Å². The molecule has 2 aliphatic rings. The molecule has 0 bridgehead atoms. The van der Waals surface area contributed by atoms with E-state index in [1.54, 1.807) is 0 Å². The summed E-state index contributed by atoms with van der Waals surface area (Å²) in [6.07, 6.45) is 7.96. The second-order valence-corrected chi connectivity index (χ2v) is 6.77. The minimum Gasteiger partial charge on any atom is -0.394 e. The average molecular weight is 321 g/mol. The molecule has 7 heteroatoms. The third-order valence-corrected chi connectivity index (χ3v) is 5.25. The molecule has 0 unspecified atom stereocenters. The number of amides is 1. The predicted molar refractivity (Wildman–Crippen MR) is 84.4 cm³/mol. The van der Waals surface area contributed by atoms with E-state index in [2.05, 4.69) is 22.4 Å². The van der Waals surface area contributed by atoms with E-state index in [9.17, 15) is 9.90 Å². The number of aliphatic hydroxyl groups is 1. The summed E-state index contributed by atoms with van der Waals surface area (Å²) in [5.74, 6) is 1.08. The molecule has 2 heterocycles. The van der Waals surface area contributed by atoms with E-state index in [0.717, 1.165) is 63.7 Å². The van der Waals surface area contributed by atoms with Crippen molar-refractivity contribution in [2.45, 2.75) is 76.9 Å². The lowest BCUT2D eigenvalue weighted by Crippen LogP contribution is -2.42. The van der Waals surface area contributed by atoms with Crippen molar-refractivity contribution in [2.75, 3.05) is 6.61 Å². The molecule has 1 saturated carbocycles. The maximum atomic E-state index is 13.0. The first-order valence-electron chi connectivity index (χ1n) is 8.95. The van der Waals surface area contributed by atoms with E-state index in [1.165, 1.54) is 0 Å². The fraction of sp³-hybridized carbons (Fsp3) is 0.875. The van der Waals surface area contributed by atoms with Crippen molar-refractivity contribution in [1.82, 2.24) is 25.1 Å². The molecular formula is C16H27N5O2. The van der Waals surface area contributed by atoms with Gasteiger partial charge in [-0.1, -0.05) is 26.2 Å². The van der Waals surface area contributed by atoms with Gasteiger partial charge in [0, 0.05) is 12.5 Å². The minimum absolute atomic E-state index is 0.0193. The molecule has 1 N–H and O–H groups in total. The number of aliphatic hydroxyl groups excluding tert-OH is 1. The van der Waals surface area contributed by atoms with Crippen molar-refractivity contribution in [3.63, 3.8) is 0 Å². The van der Waals surface area contributed by atoms with Crippen LogP contribution in [0.3, 0.4) is 0 Å². The smallest absolute Gasteiger partial charge is 0.226 e. The van der Waals surface area contributed by atoms with Crippen molar-refractivity contribution >= 4 is 5.91 Å². The average Bonchev–Trinajstić information content (AvgIpc) is 3.31. The second kappa shape index (κ2) is 7.38. The van der Waals surface area contributed by atoms with Crippen molar-refractivity contribution in [3.05, 3.63) is 5.82 Å². The maximum absolute atomic E-state index is 13.0. The molecule has 0 spiro atoms. The quantitative estimate of drug-likeness (QED) is 0.862. The zero-order chi connectivity index (χ0) is 16.2. The van der Waals surface area contributed by atoms with Crippen molar-refractivity contribution in [1.29, 1.82) is 0 Å². The molecule has 7 nitrogen and oxygen atoms in total. The van der Waals surface area contributed by atoms with E-state index >= 15 is 0 Å². The molecule has 23 heavy (non-hydrogen) atoms. The first-order valence-corrected chi connectivity index (χ1v) is 8.95. The lowest BCUT2D eigenvalue weighted by atomic mass is 10.1. The molecule has 1 saturated heterocycles. The summed E-state index contributed by atoms with van der Waals surface area (Å²) < 4.78 is 1.84. The minimum atomic E-state index is -0.0931. The van der Waals surface area contributed by atoms with Crippen molar-refractivity contribution in [2.24, 2.45) is 5.92 Å². The van der Waals surface area contributed by atoms with Gasteiger partial charge in [-0.2, -0.15) is 0 Å². The molecule has 2 atom stereocenters. The molecule has 1 aromatic rings. The van der Waals surface area contributed by atoms with Gasteiger partial charge >= 0.3 is 0 Å². The van der Waals surface area contributed by atoms with Gasteiger partial charge in [0.25, 0.3) is 0 Å². The maximum Gasteiger partial charge on any atom is 0.226 e. The molecule has 2 fully saturated rings. The number of rotatable bonds is 6. The normalized spacial score (nSPS) is 25.4. The van der Waals surface area contributed by atoms with E-state index < -0.39 is 0 Å². The van der Waals surface area contributed by atoms with E-state index in [1.807, 2.05) is 9.58 Å². The number of likely N-dealkylation sites (tertiary alicyclic amines) is 1. The fourth-order valence-electron chi connectivity index (χ4n) is 3.95. The Morgan fingerprint density at radius 3 is 2.74 bits per heavy atom. The topological polar surface area (TPSA) is 84.1 Å². The molecule has 128 valence electrons. The summed E-state index contributed by atoms with van der Waals surface area (Å²) in [6.45, 7) is 2.94. The first-order chi connectivity index (χ1) is 11.3. The summed E-state index contributed by atoms with van der Waals surface area (Å²) in [5.41, 5.74) is 0. The molecule has 1 aromatic heterocycles. The number of carbonyl (C=O) groups is 1. The number of carbonyl (C=O) groups excluding carboxylic acids is 1. The van der Waals surface area contributed by atoms with Crippen LogP contribution in [0.4, 0.5) is 0 Å². The molecule has 3 rings (SSSR count). The SMILES string of the molecule is CCCCn1nnnc1[C@H]1CC[C@@H](CO)N1C(=O)C1CCCC1. The highest BCUT2D eigenvalue weighted by Crippen LogP contribution is 2.38.